The molecule has 0 aromatic heterocycles. The van der Waals surface area contributed by atoms with E-state index in [1.807, 2.05) is 6.07 Å². The number of benzene rings is 1. The molecule has 1 aromatic rings. The van der Waals surface area contributed by atoms with Crippen LogP contribution in [0.25, 0.3) is 0 Å². The minimum atomic E-state index is -4.50. The number of morpholine rings is 1. The van der Waals surface area contributed by atoms with E-state index in [4.69, 9.17) is 15.7 Å². The Morgan fingerprint density at radius 3 is 2.68 bits per heavy atom. The molecule has 0 spiro atoms. The van der Waals surface area contributed by atoms with Gasteiger partial charge >= 0.3 is 6.18 Å². The van der Waals surface area contributed by atoms with Crippen molar-refractivity contribution in [1.29, 1.82) is 5.26 Å². The first kappa shape index (κ1) is 13.6. The minimum Gasteiger partial charge on any atom is -0.398 e. The summed E-state index contributed by atoms with van der Waals surface area (Å²) in [7, 11) is 0. The second-order valence-corrected chi connectivity index (χ2v) is 4.20. The quantitative estimate of drug-likeness (QED) is 0.764. The highest BCUT2D eigenvalue weighted by molar-refractivity contribution is 5.61. The molecule has 1 aromatic carbocycles. The summed E-state index contributed by atoms with van der Waals surface area (Å²) in [5, 5.41) is 12.0. The molecule has 0 amide bonds. The maximum absolute atomic E-state index is 12.8. The van der Waals surface area contributed by atoms with Crippen LogP contribution >= 0.6 is 0 Å². The van der Waals surface area contributed by atoms with Crippen molar-refractivity contribution in [3.63, 3.8) is 0 Å². The molecule has 1 aliphatic heterocycles. The van der Waals surface area contributed by atoms with Crippen LogP contribution < -0.4 is 11.1 Å². The van der Waals surface area contributed by atoms with E-state index in [2.05, 4.69) is 5.32 Å². The van der Waals surface area contributed by atoms with Crippen LogP contribution in [-0.2, 0) is 10.9 Å². The molecule has 3 N–H and O–H groups in total. The molecule has 2 rings (SSSR count). The lowest BCUT2D eigenvalue weighted by molar-refractivity contribution is -0.137. The molecule has 1 aliphatic rings. The topological polar surface area (TPSA) is 71.1 Å². The predicted octanol–water partition coefficient (Wildman–Crippen LogP) is 1.82. The first-order valence-electron chi connectivity index (χ1n) is 5.66. The van der Waals surface area contributed by atoms with Gasteiger partial charge in [-0.1, -0.05) is 0 Å². The molecular weight excluding hydrogens is 259 g/mol. The van der Waals surface area contributed by atoms with Gasteiger partial charge in [-0.2, -0.15) is 18.4 Å². The smallest absolute Gasteiger partial charge is 0.398 e. The van der Waals surface area contributed by atoms with Crippen LogP contribution in [0.1, 0.15) is 22.8 Å². The summed E-state index contributed by atoms with van der Waals surface area (Å²) in [5.41, 5.74) is 4.72. The van der Waals surface area contributed by atoms with E-state index in [0.29, 0.717) is 19.7 Å². The van der Waals surface area contributed by atoms with Gasteiger partial charge in [0.2, 0.25) is 0 Å². The lowest BCUT2D eigenvalue weighted by Crippen LogP contribution is -2.34. The Kier molecular flexibility index (Phi) is 3.64. The maximum atomic E-state index is 12.8. The Bertz CT molecular complexity index is 516. The molecule has 1 saturated heterocycles. The zero-order valence-corrected chi connectivity index (χ0v) is 9.92. The molecule has 1 atom stereocenters. The normalized spacial score (nSPS) is 20.0. The number of hydrogen-bond donors (Lipinski definition) is 2. The van der Waals surface area contributed by atoms with E-state index >= 15 is 0 Å². The average molecular weight is 271 g/mol. The zero-order chi connectivity index (χ0) is 14.0. The number of hydrogen-bond acceptors (Lipinski definition) is 4. The van der Waals surface area contributed by atoms with Crippen molar-refractivity contribution < 1.29 is 17.9 Å². The van der Waals surface area contributed by atoms with Crippen LogP contribution in [0.2, 0.25) is 0 Å². The van der Waals surface area contributed by atoms with Crippen molar-refractivity contribution in [1.82, 2.24) is 5.32 Å². The van der Waals surface area contributed by atoms with Gasteiger partial charge in [-0.05, 0) is 12.1 Å². The number of nitrogens with two attached hydrogens (primary N) is 1. The Morgan fingerprint density at radius 2 is 2.16 bits per heavy atom. The number of rotatable bonds is 1. The first-order valence-corrected chi connectivity index (χ1v) is 5.66. The highest BCUT2D eigenvalue weighted by Crippen LogP contribution is 2.35. The number of nitrogen functional groups attached to an aromatic ring is 1. The summed E-state index contributed by atoms with van der Waals surface area (Å²) in [6.07, 6.45) is -5.09. The van der Waals surface area contributed by atoms with Gasteiger partial charge in [0.15, 0.2) is 0 Å². The number of anilines is 1. The largest absolute Gasteiger partial charge is 0.416 e. The van der Waals surface area contributed by atoms with E-state index < -0.39 is 17.8 Å². The molecule has 102 valence electrons. The Morgan fingerprint density at radius 1 is 1.42 bits per heavy atom. The molecule has 1 fully saturated rings. The second-order valence-electron chi connectivity index (χ2n) is 4.20. The van der Waals surface area contributed by atoms with E-state index in [1.165, 1.54) is 0 Å². The van der Waals surface area contributed by atoms with Crippen LogP contribution in [0.5, 0.6) is 0 Å². The molecule has 0 radical (unpaired) electrons. The number of ether oxygens (including phenoxy) is 1. The number of halogens is 3. The number of nitrogens with zero attached hydrogens (tertiary/aromatic N) is 1. The third kappa shape index (κ3) is 2.80. The van der Waals surface area contributed by atoms with Gasteiger partial charge in [-0.25, -0.2) is 0 Å². The fraction of sp³-hybridized carbons (Fsp3) is 0.417. The monoisotopic (exact) mass is 271 g/mol. The van der Waals surface area contributed by atoms with Crippen molar-refractivity contribution in [3.8, 4) is 6.07 Å². The molecule has 0 bridgehead atoms. The summed E-state index contributed by atoms with van der Waals surface area (Å²) < 4.78 is 43.7. The van der Waals surface area contributed by atoms with Gasteiger partial charge in [0, 0.05) is 18.7 Å². The van der Waals surface area contributed by atoms with Crippen LogP contribution in [0.4, 0.5) is 18.9 Å². The number of nitriles is 1. The molecule has 4 nitrogen and oxygen atoms in total. The summed E-state index contributed by atoms with van der Waals surface area (Å²) in [6.45, 7) is 1.37. The molecule has 0 aliphatic carbocycles. The Hall–Kier alpha value is -1.78. The van der Waals surface area contributed by atoms with Crippen LogP contribution in [0, 0.1) is 11.3 Å². The number of alkyl halides is 3. The highest BCUT2D eigenvalue weighted by Gasteiger charge is 2.33. The van der Waals surface area contributed by atoms with Gasteiger partial charge in [-0.3, -0.25) is 0 Å². The van der Waals surface area contributed by atoms with Gasteiger partial charge < -0.3 is 15.8 Å². The van der Waals surface area contributed by atoms with Crippen LogP contribution in [0.15, 0.2) is 12.1 Å². The fourth-order valence-electron chi connectivity index (χ4n) is 2.00. The van der Waals surface area contributed by atoms with Crippen molar-refractivity contribution >= 4 is 5.69 Å². The van der Waals surface area contributed by atoms with Crippen LogP contribution in [-0.4, -0.2) is 19.7 Å². The average Bonchev–Trinajstić information content (AvgIpc) is 2.37. The second kappa shape index (κ2) is 5.07. The minimum absolute atomic E-state index is 0.0432. The summed E-state index contributed by atoms with van der Waals surface area (Å²) >= 11 is 0. The lowest BCUT2D eigenvalue weighted by atomic mass is 9.97. The van der Waals surface area contributed by atoms with Crippen molar-refractivity contribution in [2.75, 3.05) is 25.4 Å². The Balaban J connectivity index is 2.50. The van der Waals surface area contributed by atoms with E-state index in [-0.39, 0.29) is 16.8 Å². The first-order chi connectivity index (χ1) is 8.93. The van der Waals surface area contributed by atoms with Gasteiger partial charge in [0.25, 0.3) is 0 Å². The molecular formula is C12H12F3N3O. The highest BCUT2D eigenvalue weighted by atomic mass is 19.4. The van der Waals surface area contributed by atoms with E-state index in [9.17, 15) is 13.2 Å². The third-order valence-electron chi connectivity index (χ3n) is 2.91. The summed E-state index contributed by atoms with van der Waals surface area (Å²) in [5.74, 6) is 0. The van der Waals surface area contributed by atoms with Gasteiger partial charge in [-0.15, -0.1) is 0 Å². The van der Waals surface area contributed by atoms with Crippen molar-refractivity contribution in [3.05, 3.63) is 28.8 Å². The van der Waals surface area contributed by atoms with E-state index in [1.54, 1.807) is 0 Å². The molecule has 19 heavy (non-hydrogen) atoms. The molecule has 0 saturated carbocycles. The fourth-order valence-corrected chi connectivity index (χ4v) is 2.00. The predicted molar refractivity (Wildman–Crippen MR) is 62.1 cm³/mol. The number of nitrogens with one attached hydrogen (secondary N) is 1. The standard InChI is InChI=1S/C12H12F3N3O/c13-12(14,15)7-3-8(9(5-16)10(17)4-7)11-6-18-1-2-19-11/h3-4,11,18H,1-2,6,17H2. The van der Waals surface area contributed by atoms with Gasteiger partial charge in [0.05, 0.1) is 29.5 Å². The Labute approximate surface area is 108 Å². The van der Waals surface area contributed by atoms with Crippen molar-refractivity contribution in [2.24, 2.45) is 0 Å². The molecule has 1 heterocycles. The zero-order valence-electron chi connectivity index (χ0n) is 9.92. The summed E-state index contributed by atoms with van der Waals surface area (Å²) in [4.78, 5) is 0. The van der Waals surface area contributed by atoms with Crippen LogP contribution in [0.3, 0.4) is 0 Å². The lowest BCUT2D eigenvalue weighted by Gasteiger charge is -2.25. The van der Waals surface area contributed by atoms with E-state index in [0.717, 1.165) is 12.1 Å². The third-order valence-corrected chi connectivity index (χ3v) is 2.91. The summed E-state index contributed by atoms with van der Waals surface area (Å²) in [6, 6.07) is 3.55. The van der Waals surface area contributed by atoms with Crippen molar-refractivity contribution in [2.45, 2.75) is 12.3 Å². The molecule has 7 heteroatoms. The molecule has 1 unspecified atom stereocenters. The maximum Gasteiger partial charge on any atom is 0.416 e. The van der Waals surface area contributed by atoms with Gasteiger partial charge in [0.1, 0.15) is 6.07 Å². The SMILES string of the molecule is N#Cc1c(N)cc(C(F)(F)F)cc1C1CNCCO1.